The van der Waals surface area contributed by atoms with Crippen molar-refractivity contribution in [3.63, 3.8) is 0 Å². The van der Waals surface area contributed by atoms with Gasteiger partial charge in [-0.1, -0.05) is 84.1 Å². The molecule has 6 aromatic rings. The zero-order chi connectivity index (χ0) is 31.4. The number of hydrogen-bond donors (Lipinski definition) is 1. The number of carboxylic acid groups (broad SMARTS) is 1. The molecule has 0 unspecified atom stereocenters. The molecule has 0 atom stereocenters. The number of fused-ring (bicyclic) bond motifs is 2. The van der Waals surface area contributed by atoms with Gasteiger partial charge >= 0.3 is 12.1 Å². The molecule has 45 heavy (non-hydrogen) atoms. The van der Waals surface area contributed by atoms with Gasteiger partial charge in [-0.25, -0.2) is 19.4 Å². The molecule has 0 bridgehead atoms. The first-order valence-corrected chi connectivity index (χ1v) is 14.5. The Morgan fingerprint density at radius 1 is 0.733 bits per heavy atom. The maximum Gasteiger partial charge on any atom is 0.490 e. The SMILES string of the molecule is O=C(O)C(F)(F)F.c1ccc(-c2nc3ccccc3nc2-c2ccc(CN3CCC(n4nnc5ccccc54)CC3)cc2)cc1. The van der Waals surface area contributed by atoms with E-state index in [1.807, 2.05) is 54.6 Å². The van der Waals surface area contributed by atoms with Gasteiger partial charge < -0.3 is 5.11 Å². The summed E-state index contributed by atoms with van der Waals surface area (Å²) in [7, 11) is 0. The summed E-state index contributed by atoms with van der Waals surface area (Å²) < 4.78 is 33.9. The van der Waals surface area contributed by atoms with Crippen LogP contribution in [-0.4, -0.2) is 60.2 Å². The minimum atomic E-state index is -5.08. The second-order valence-corrected chi connectivity index (χ2v) is 10.8. The molecule has 2 aromatic heterocycles. The third kappa shape index (κ3) is 6.83. The highest BCUT2D eigenvalue weighted by Gasteiger charge is 2.38. The minimum absolute atomic E-state index is 0.406. The zero-order valence-electron chi connectivity index (χ0n) is 24.1. The number of alkyl halides is 3. The Labute approximate surface area is 256 Å². The fourth-order valence-corrected chi connectivity index (χ4v) is 5.50. The van der Waals surface area contributed by atoms with Gasteiger partial charge in [-0.15, -0.1) is 5.10 Å². The van der Waals surface area contributed by atoms with Gasteiger partial charge in [0.25, 0.3) is 0 Å². The first kappa shape index (κ1) is 29.9. The summed E-state index contributed by atoms with van der Waals surface area (Å²) >= 11 is 0. The van der Waals surface area contributed by atoms with Gasteiger partial charge in [-0.05, 0) is 42.7 Å². The average molecular weight is 611 g/mol. The van der Waals surface area contributed by atoms with E-state index in [4.69, 9.17) is 19.9 Å². The monoisotopic (exact) mass is 610 g/mol. The lowest BCUT2D eigenvalue weighted by Crippen LogP contribution is -2.34. The van der Waals surface area contributed by atoms with Crippen LogP contribution in [0.2, 0.25) is 0 Å². The zero-order valence-corrected chi connectivity index (χ0v) is 24.1. The Hall–Kier alpha value is -5.16. The quantitative estimate of drug-likeness (QED) is 0.221. The van der Waals surface area contributed by atoms with Crippen LogP contribution in [-0.2, 0) is 11.3 Å². The van der Waals surface area contributed by atoms with E-state index in [1.54, 1.807) is 0 Å². The van der Waals surface area contributed by atoms with Crippen LogP contribution in [0.3, 0.4) is 0 Å². The molecule has 1 aliphatic rings. The van der Waals surface area contributed by atoms with E-state index in [1.165, 1.54) is 5.56 Å². The number of nitrogens with zero attached hydrogens (tertiary/aromatic N) is 6. The number of carboxylic acids is 1. The van der Waals surface area contributed by atoms with Crippen molar-refractivity contribution in [3.05, 3.63) is 109 Å². The molecule has 11 heteroatoms. The molecule has 0 radical (unpaired) electrons. The standard InChI is InChI=1S/C32H28N6.C2HF3O2/c1-2-8-24(9-3-1)31-32(34-28-11-5-4-10-27(28)33-31)25-16-14-23(15-17-25)22-37-20-18-26(19-21-37)38-30-13-7-6-12-29(30)35-36-38;3-2(4,5)1(6)7/h1-17,26H,18-22H2;(H,6,7). The molecule has 1 N–H and O–H groups in total. The Bertz CT molecular complexity index is 1920. The maximum atomic E-state index is 10.6. The normalized spacial score (nSPS) is 14.3. The first-order valence-electron chi connectivity index (χ1n) is 14.5. The minimum Gasteiger partial charge on any atom is -0.475 e. The molecular weight excluding hydrogens is 581 g/mol. The third-order valence-corrected chi connectivity index (χ3v) is 7.77. The summed E-state index contributed by atoms with van der Waals surface area (Å²) in [6.45, 7) is 3.05. The van der Waals surface area contributed by atoms with Crippen LogP contribution in [0.25, 0.3) is 44.6 Å². The van der Waals surface area contributed by atoms with E-state index in [0.29, 0.717) is 6.04 Å². The van der Waals surface area contributed by atoms with E-state index < -0.39 is 12.1 Å². The van der Waals surface area contributed by atoms with Crippen molar-refractivity contribution in [2.75, 3.05) is 13.1 Å². The van der Waals surface area contributed by atoms with E-state index >= 15 is 0 Å². The lowest BCUT2D eigenvalue weighted by atomic mass is 10.0. The van der Waals surface area contributed by atoms with Crippen LogP contribution in [0, 0.1) is 0 Å². The summed E-state index contributed by atoms with van der Waals surface area (Å²) in [5.74, 6) is -2.76. The maximum absolute atomic E-state index is 10.6. The Morgan fingerprint density at radius 3 is 1.82 bits per heavy atom. The highest BCUT2D eigenvalue weighted by molar-refractivity contribution is 5.86. The predicted octanol–water partition coefficient (Wildman–Crippen LogP) is 7.18. The van der Waals surface area contributed by atoms with E-state index in [-0.39, 0.29) is 0 Å². The van der Waals surface area contributed by atoms with Crippen molar-refractivity contribution in [2.24, 2.45) is 0 Å². The van der Waals surface area contributed by atoms with Gasteiger partial charge in [0.2, 0.25) is 0 Å². The molecule has 3 heterocycles. The molecule has 0 amide bonds. The topological polar surface area (TPSA) is 97.0 Å². The van der Waals surface area contributed by atoms with Gasteiger partial charge in [0.05, 0.1) is 34.0 Å². The Kier molecular flexibility index (Phi) is 8.52. The van der Waals surface area contributed by atoms with E-state index in [9.17, 15) is 13.2 Å². The smallest absolute Gasteiger partial charge is 0.475 e. The Balaban J connectivity index is 0.000000460. The number of hydrogen-bond acceptors (Lipinski definition) is 6. The molecule has 0 spiro atoms. The predicted molar refractivity (Wildman–Crippen MR) is 165 cm³/mol. The van der Waals surface area contributed by atoms with Crippen molar-refractivity contribution < 1.29 is 23.1 Å². The number of halogens is 3. The number of aliphatic carboxylic acids is 1. The summed E-state index contributed by atoms with van der Waals surface area (Å²) in [5.41, 5.74) is 9.24. The van der Waals surface area contributed by atoms with Gasteiger partial charge in [0, 0.05) is 30.8 Å². The lowest BCUT2D eigenvalue weighted by molar-refractivity contribution is -0.192. The lowest BCUT2D eigenvalue weighted by Gasteiger charge is -2.32. The molecule has 0 aliphatic carbocycles. The highest BCUT2D eigenvalue weighted by Crippen LogP contribution is 2.32. The van der Waals surface area contributed by atoms with Crippen LogP contribution < -0.4 is 0 Å². The van der Waals surface area contributed by atoms with Crippen molar-refractivity contribution in [1.29, 1.82) is 0 Å². The van der Waals surface area contributed by atoms with Crippen molar-refractivity contribution in [2.45, 2.75) is 31.6 Å². The van der Waals surface area contributed by atoms with Crippen LogP contribution in [0.5, 0.6) is 0 Å². The van der Waals surface area contributed by atoms with Crippen molar-refractivity contribution in [1.82, 2.24) is 29.9 Å². The summed E-state index contributed by atoms with van der Waals surface area (Å²) in [4.78, 5) is 21.5. The molecule has 0 saturated carbocycles. The fourth-order valence-electron chi connectivity index (χ4n) is 5.50. The summed E-state index contributed by atoms with van der Waals surface area (Å²) in [5, 5.41) is 15.9. The van der Waals surface area contributed by atoms with Gasteiger partial charge in [-0.2, -0.15) is 13.2 Å². The number of likely N-dealkylation sites (tertiary alicyclic amines) is 1. The first-order chi connectivity index (χ1) is 21.8. The Morgan fingerprint density at radius 2 is 1.24 bits per heavy atom. The molecule has 4 aromatic carbocycles. The molecule has 1 fully saturated rings. The van der Waals surface area contributed by atoms with Crippen LogP contribution in [0.15, 0.2) is 103 Å². The second-order valence-electron chi connectivity index (χ2n) is 10.8. The van der Waals surface area contributed by atoms with Crippen molar-refractivity contribution >= 4 is 28.0 Å². The summed E-state index contributed by atoms with van der Waals surface area (Å²) in [6, 6.07) is 35.9. The highest BCUT2D eigenvalue weighted by atomic mass is 19.4. The van der Waals surface area contributed by atoms with Crippen molar-refractivity contribution in [3.8, 4) is 22.5 Å². The fraction of sp³-hybridized carbons (Fsp3) is 0.206. The number of piperidine rings is 1. The van der Waals surface area contributed by atoms with Gasteiger partial charge in [0.1, 0.15) is 5.52 Å². The third-order valence-electron chi connectivity index (χ3n) is 7.77. The second kappa shape index (κ2) is 12.8. The molecule has 8 nitrogen and oxygen atoms in total. The van der Waals surface area contributed by atoms with Crippen LogP contribution in [0.1, 0.15) is 24.4 Å². The van der Waals surface area contributed by atoms with Crippen LogP contribution >= 0.6 is 0 Å². The van der Waals surface area contributed by atoms with Gasteiger partial charge in [-0.3, -0.25) is 4.90 Å². The van der Waals surface area contributed by atoms with E-state index in [0.717, 1.165) is 77.1 Å². The largest absolute Gasteiger partial charge is 0.490 e. The molecule has 7 rings (SSSR count). The molecule has 1 saturated heterocycles. The number of para-hydroxylation sites is 3. The molecular formula is C34H29F3N6O2. The summed E-state index contributed by atoms with van der Waals surface area (Å²) in [6.07, 6.45) is -2.92. The van der Waals surface area contributed by atoms with Crippen LogP contribution in [0.4, 0.5) is 13.2 Å². The number of benzene rings is 4. The average Bonchev–Trinajstić information content (AvgIpc) is 3.49. The van der Waals surface area contributed by atoms with Gasteiger partial charge in [0.15, 0.2) is 0 Å². The number of carbonyl (C=O) groups is 1. The number of rotatable bonds is 5. The number of aromatic nitrogens is 5. The molecule has 1 aliphatic heterocycles. The van der Waals surface area contributed by atoms with E-state index in [2.05, 4.69) is 68.4 Å². The molecule has 228 valence electrons.